The summed E-state index contributed by atoms with van der Waals surface area (Å²) in [6, 6.07) is -0.281. The number of amidine groups is 1. The standard InChI is InChI=1S/C7H11N3O2S/c1-4-2-8-7(13-4)9-5-3-12-10-6(5)11/h4-5H,2-3H2,1H3,(H,8,9)(H,10,11). The van der Waals surface area contributed by atoms with E-state index in [9.17, 15) is 4.79 Å². The zero-order valence-electron chi connectivity index (χ0n) is 7.24. The van der Waals surface area contributed by atoms with Gasteiger partial charge in [-0.2, -0.15) is 0 Å². The lowest BCUT2D eigenvalue weighted by Crippen LogP contribution is -2.40. The number of hydrogen-bond acceptors (Lipinski definition) is 5. The third-order valence-corrected chi connectivity index (χ3v) is 2.86. The van der Waals surface area contributed by atoms with Gasteiger partial charge in [0.1, 0.15) is 12.6 Å². The molecule has 2 heterocycles. The van der Waals surface area contributed by atoms with Crippen LogP contribution in [0.3, 0.4) is 0 Å². The number of carbonyl (C=O) groups excluding carboxylic acids is 1. The Bertz CT molecular complexity index is 256. The molecule has 0 saturated carbocycles. The van der Waals surface area contributed by atoms with E-state index >= 15 is 0 Å². The summed E-state index contributed by atoms with van der Waals surface area (Å²) in [5, 5.41) is 4.39. The van der Waals surface area contributed by atoms with Gasteiger partial charge in [0, 0.05) is 5.25 Å². The fourth-order valence-corrected chi connectivity index (χ4v) is 2.05. The molecule has 13 heavy (non-hydrogen) atoms. The number of aliphatic imine (C=N–C) groups is 1. The molecule has 0 aromatic carbocycles. The van der Waals surface area contributed by atoms with Gasteiger partial charge < -0.3 is 5.32 Å². The van der Waals surface area contributed by atoms with E-state index in [4.69, 9.17) is 4.84 Å². The molecule has 2 aliphatic heterocycles. The van der Waals surface area contributed by atoms with Crippen LogP contribution in [-0.2, 0) is 9.63 Å². The lowest BCUT2D eigenvalue weighted by atomic mass is 10.3. The van der Waals surface area contributed by atoms with Crippen molar-refractivity contribution >= 4 is 22.8 Å². The summed E-state index contributed by atoms with van der Waals surface area (Å²) >= 11 is 1.66. The molecule has 0 bridgehead atoms. The quantitative estimate of drug-likeness (QED) is 0.600. The molecule has 2 atom stereocenters. The van der Waals surface area contributed by atoms with Crippen LogP contribution in [0.2, 0.25) is 0 Å². The number of nitrogens with zero attached hydrogens (tertiary/aromatic N) is 1. The first-order valence-electron chi connectivity index (χ1n) is 4.15. The van der Waals surface area contributed by atoms with E-state index in [0.717, 1.165) is 11.7 Å². The molecule has 6 heteroatoms. The Morgan fingerprint density at radius 2 is 2.62 bits per heavy atom. The molecule has 2 unspecified atom stereocenters. The average Bonchev–Trinajstić information content (AvgIpc) is 2.64. The molecule has 2 rings (SSSR count). The lowest BCUT2D eigenvalue weighted by Gasteiger charge is -2.08. The zero-order chi connectivity index (χ0) is 9.26. The monoisotopic (exact) mass is 201 g/mol. The van der Waals surface area contributed by atoms with E-state index in [1.165, 1.54) is 0 Å². The van der Waals surface area contributed by atoms with Crippen LogP contribution in [0.1, 0.15) is 6.92 Å². The Morgan fingerprint density at radius 1 is 1.77 bits per heavy atom. The van der Waals surface area contributed by atoms with E-state index in [0.29, 0.717) is 11.9 Å². The van der Waals surface area contributed by atoms with Gasteiger partial charge in [-0.3, -0.25) is 14.6 Å². The number of amides is 1. The van der Waals surface area contributed by atoms with E-state index in [2.05, 4.69) is 22.7 Å². The zero-order valence-corrected chi connectivity index (χ0v) is 8.06. The molecule has 0 spiro atoms. The van der Waals surface area contributed by atoms with E-state index in [-0.39, 0.29) is 11.9 Å². The van der Waals surface area contributed by atoms with Gasteiger partial charge >= 0.3 is 0 Å². The van der Waals surface area contributed by atoms with Crippen molar-refractivity contribution in [2.45, 2.75) is 18.2 Å². The van der Waals surface area contributed by atoms with Gasteiger partial charge in [0.2, 0.25) is 0 Å². The molecule has 1 fully saturated rings. The number of rotatable bonds is 1. The smallest absolute Gasteiger partial charge is 0.268 e. The van der Waals surface area contributed by atoms with Crippen LogP contribution in [0.25, 0.3) is 0 Å². The fourth-order valence-electron chi connectivity index (χ4n) is 1.16. The third-order valence-electron chi connectivity index (χ3n) is 1.84. The van der Waals surface area contributed by atoms with E-state index < -0.39 is 0 Å². The van der Waals surface area contributed by atoms with Crippen molar-refractivity contribution in [3.05, 3.63) is 0 Å². The lowest BCUT2D eigenvalue weighted by molar-refractivity contribution is -0.124. The van der Waals surface area contributed by atoms with Crippen molar-refractivity contribution in [3.8, 4) is 0 Å². The van der Waals surface area contributed by atoms with Crippen LogP contribution in [0.4, 0.5) is 0 Å². The van der Waals surface area contributed by atoms with Crippen molar-refractivity contribution < 1.29 is 9.63 Å². The van der Waals surface area contributed by atoms with Crippen LogP contribution in [-0.4, -0.2) is 35.5 Å². The summed E-state index contributed by atoms with van der Waals surface area (Å²) in [5.74, 6) is -0.122. The number of nitrogens with one attached hydrogen (secondary N) is 2. The van der Waals surface area contributed by atoms with Crippen molar-refractivity contribution in [1.82, 2.24) is 10.8 Å². The second kappa shape index (κ2) is 3.55. The van der Waals surface area contributed by atoms with Gasteiger partial charge in [0.25, 0.3) is 5.91 Å². The predicted octanol–water partition coefficient (Wildman–Crippen LogP) is -0.503. The fraction of sp³-hybridized carbons (Fsp3) is 0.714. The number of hydroxylamine groups is 1. The van der Waals surface area contributed by atoms with Crippen LogP contribution in [0, 0.1) is 0 Å². The van der Waals surface area contributed by atoms with Crippen LogP contribution in [0.15, 0.2) is 4.99 Å². The highest BCUT2D eigenvalue weighted by molar-refractivity contribution is 8.14. The van der Waals surface area contributed by atoms with E-state index in [1.807, 2.05) is 0 Å². The van der Waals surface area contributed by atoms with Gasteiger partial charge in [-0.25, -0.2) is 5.48 Å². The molecule has 72 valence electrons. The molecule has 0 radical (unpaired) electrons. The molecular weight excluding hydrogens is 190 g/mol. The maximum Gasteiger partial charge on any atom is 0.268 e. The first-order valence-corrected chi connectivity index (χ1v) is 5.03. The number of hydrogen-bond donors (Lipinski definition) is 2. The first kappa shape index (κ1) is 8.83. The molecular formula is C7H11N3O2S. The topological polar surface area (TPSA) is 62.7 Å². The Morgan fingerprint density at radius 3 is 3.15 bits per heavy atom. The van der Waals surface area contributed by atoms with Crippen LogP contribution < -0.4 is 10.8 Å². The molecule has 0 aromatic heterocycles. The normalized spacial score (nSPS) is 33.0. The average molecular weight is 201 g/mol. The van der Waals surface area contributed by atoms with Crippen molar-refractivity contribution in [2.24, 2.45) is 4.99 Å². The largest absolute Gasteiger partial charge is 0.351 e. The summed E-state index contributed by atoms with van der Waals surface area (Å²) in [6.45, 7) is 3.29. The molecule has 2 N–H and O–H groups in total. The van der Waals surface area contributed by atoms with Crippen LogP contribution in [0.5, 0.6) is 0 Å². The maximum absolute atomic E-state index is 11.1. The summed E-state index contributed by atoms with van der Waals surface area (Å²) in [5.41, 5.74) is 2.29. The summed E-state index contributed by atoms with van der Waals surface area (Å²) < 4.78 is 0. The van der Waals surface area contributed by atoms with Crippen molar-refractivity contribution in [2.75, 3.05) is 13.2 Å². The second-order valence-electron chi connectivity index (χ2n) is 3.05. The summed E-state index contributed by atoms with van der Waals surface area (Å²) in [6.07, 6.45) is 0. The highest BCUT2D eigenvalue weighted by Gasteiger charge is 2.28. The van der Waals surface area contributed by atoms with E-state index in [1.54, 1.807) is 11.8 Å². The minimum absolute atomic E-state index is 0.122. The predicted molar refractivity (Wildman–Crippen MR) is 50.4 cm³/mol. The Balaban J connectivity index is 1.87. The van der Waals surface area contributed by atoms with Gasteiger partial charge in [0.15, 0.2) is 5.17 Å². The molecule has 5 nitrogen and oxygen atoms in total. The minimum Gasteiger partial charge on any atom is -0.351 e. The Kier molecular flexibility index (Phi) is 2.41. The van der Waals surface area contributed by atoms with Gasteiger partial charge in [-0.05, 0) is 0 Å². The SMILES string of the molecule is CC1CN=C(NC2CONC2=O)S1. The molecule has 1 saturated heterocycles. The highest BCUT2D eigenvalue weighted by Crippen LogP contribution is 2.19. The Hall–Kier alpha value is -0.750. The number of thioether (sulfide) groups is 1. The minimum atomic E-state index is -0.281. The first-order chi connectivity index (χ1) is 6.25. The summed E-state index contributed by atoms with van der Waals surface area (Å²) in [4.78, 5) is 20.1. The van der Waals surface area contributed by atoms with Gasteiger partial charge in [-0.1, -0.05) is 18.7 Å². The molecule has 1 amide bonds. The van der Waals surface area contributed by atoms with Crippen molar-refractivity contribution in [3.63, 3.8) is 0 Å². The van der Waals surface area contributed by atoms with Gasteiger partial charge in [-0.15, -0.1) is 0 Å². The number of carbonyl (C=O) groups is 1. The highest BCUT2D eigenvalue weighted by atomic mass is 32.2. The van der Waals surface area contributed by atoms with Crippen LogP contribution >= 0.6 is 11.8 Å². The maximum atomic E-state index is 11.1. The summed E-state index contributed by atoms with van der Waals surface area (Å²) in [7, 11) is 0. The molecule has 0 aromatic rings. The van der Waals surface area contributed by atoms with Gasteiger partial charge in [0.05, 0.1) is 6.54 Å². The molecule has 2 aliphatic rings. The Labute approximate surface area is 80.3 Å². The molecule has 0 aliphatic carbocycles. The third kappa shape index (κ3) is 1.94. The van der Waals surface area contributed by atoms with Crippen molar-refractivity contribution in [1.29, 1.82) is 0 Å². The second-order valence-corrected chi connectivity index (χ2v) is 4.48.